The van der Waals surface area contributed by atoms with E-state index in [0.29, 0.717) is 23.9 Å². The maximum atomic E-state index is 13.7. The van der Waals surface area contributed by atoms with Crippen LogP contribution in [0, 0.1) is 11.6 Å². The van der Waals surface area contributed by atoms with Gasteiger partial charge in [-0.2, -0.15) is 0 Å². The molecule has 0 bridgehead atoms. The Bertz CT molecular complexity index is 821. The van der Waals surface area contributed by atoms with Gasteiger partial charge in [0.05, 0.1) is 11.6 Å². The van der Waals surface area contributed by atoms with Crippen molar-refractivity contribution in [2.45, 2.75) is 20.1 Å². The Hall–Kier alpha value is -2.40. The molecule has 0 aliphatic carbocycles. The summed E-state index contributed by atoms with van der Waals surface area (Å²) in [6.45, 7) is 3.14. The van der Waals surface area contributed by atoms with Gasteiger partial charge < -0.3 is 9.64 Å². The summed E-state index contributed by atoms with van der Waals surface area (Å²) in [4.78, 5) is 6.21. The average molecular weight is 363 g/mol. The van der Waals surface area contributed by atoms with Crippen LogP contribution >= 0.6 is 11.6 Å². The Morgan fingerprint density at radius 3 is 2.84 bits per heavy atom. The highest BCUT2D eigenvalue weighted by Gasteiger charge is 2.18. The zero-order chi connectivity index (χ0) is 17.8. The third-order valence-electron chi connectivity index (χ3n) is 3.93. The molecule has 3 rings (SSSR count). The molecule has 1 aliphatic rings. The number of aromatic nitrogens is 1. The molecule has 2 aromatic rings. The van der Waals surface area contributed by atoms with Crippen molar-refractivity contribution in [1.29, 1.82) is 0 Å². The fourth-order valence-electron chi connectivity index (χ4n) is 2.54. The van der Waals surface area contributed by atoms with Crippen LogP contribution < -0.4 is 0 Å². The molecule has 0 radical (unpaired) electrons. The number of benzene rings is 1. The van der Waals surface area contributed by atoms with Crippen LogP contribution in [0.3, 0.4) is 0 Å². The second-order valence-electron chi connectivity index (χ2n) is 5.80. The molecule has 25 heavy (non-hydrogen) atoms. The summed E-state index contributed by atoms with van der Waals surface area (Å²) in [5.41, 5.74) is 2.35. The van der Waals surface area contributed by atoms with Crippen molar-refractivity contribution in [1.82, 2.24) is 9.88 Å². The molecule has 130 valence electrons. The summed E-state index contributed by atoms with van der Waals surface area (Å²) in [6, 6.07) is 7.30. The lowest BCUT2D eigenvalue weighted by atomic mass is 10.2. The summed E-state index contributed by atoms with van der Waals surface area (Å²) in [5, 5.41) is 0.539. The molecule has 0 fully saturated rings. The molecular formula is C19H17ClF2N2O. The van der Waals surface area contributed by atoms with Crippen molar-refractivity contribution >= 4 is 11.6 Å². The van der Waals surface area contributed by atoms with Crippen LogP contribution in [0.4, 0.5) is 8.78 Å². The second kappa shape index (κ2) is 7.66. The second-order valence-corrected chi connectivity index (χ2v) is 6.25. The predicted molar refractivity (Wildman–Crippen MR) is 92.4 cm³/mol. The summed E-state index contributed by atoms with van der Waals surface area (Å²) in [7, 11) is 0. The smallest absolute Gasteiger partial charge is 0.137 e. The monoisotopic (exact) mass is 362 g/mol. The number of nitrogens with zero attached hydrogens (tertiary/aromatic N) is 2. The van der Waals surface area contributed by atoms with Crippen LogP contribution in [0.5, 0.6) is 0 Å². The quantitative estimate of drug-likeness (QED) is 0.767. The molecule has 0 N–H and O–H groups in total. The van der Waals surface area contributed by atoms with Crippen molar-refractivity contribution in [2.24, 2.45) is 0 Å². The molecule has 0 amide bonds. The topological polar surface area (TPSA) is 25.4 Å². The molecular weight excluding hydrogens is 346 g/mol. The van der Waals surface area contributed by atoms with Crippen LogP contribution in [0.25, 0.3) is 0 Å². The lowest BCUT2D eigenvalue weighted by molar-refractivity contribution is 0.197. The fourth-order valence-corrected chi connectivity index (χ4v) is 2.79. The first-order valence-corrected chi connectivity index (χ1v) is 8.18. The number of halogens is 3. The van der Waals surface area contributed by atoms with Crippen molar-refractivity contribution in [3.05, 3.63) is 88.1 Å². The highest BCUT2D eigenvalue weighted by Crippen LogP contribution is 2.26. The van der Waals surface area contributed by atoms with Gasteiger partial charge in [0.2, 0.25) is 0 Å². The molecule has 6 heteroatoms. The molecule has 0 atom stereocenters. The minimum absolute atomic E-state index is 0.00987. The zero-order valence-corrected chi connectivity index (χ0v) is 14.4. The number of ether oxygens (including phenoxy) is 1. The number of rotatable bonds is 5. The molecule has 1 aromatic heterocycles. The van der Waals surface area contributed by atoms with Gasteiger partial charge in [0.1, 0.15) is 24.0 Å². The van der Waals surface area contributed by atoms with E-state index in [-0.39, 0.29) is 12.2 Å². The molecule has 1 aromatic carbocycles. The van der Waals surface area contributed by atoms with Crippen molar-refractivity contribution in [3.63, 3.8) is 0 Å². The Morgan fingerprint density at radius 1 is 1.28 bits per heavy atom. The van der Waals surface area contributed by atoms with Crippen molar-refractivity contribution < 1.29 is 13.5 Å². The van der Waals surface area contributed by atoms with E-state index in [0.717, 1.165) is 17.3 Å². The van der Waals surface area contributed by atoms with Gasteiger partial charge in [0.15, 0.2) is 0 Å². The number of hydrogen-bond acceptors (Lipinski definition) is 3. The van der Waals surface area contributed by atoms with E-state index in [1.165, 1.54) is 12.1 Å². The van der Waals surface area contributed by atoms with Crippen LogP contribution in [0.2, 0.25) is 0 Å². The largest absolute Gasteiger partial charge is 0.487 e. The van der Waals surface area contributed by atoms with Crippen LogP contribution in [0.15, 0.2) is 65.3 Å². The number of hydrogen-bond donors (Lipinski definition) is 0. The number of pyridine rings is 1. The fraction of sp³-hybridized carbons (Fsp3) is 0.211. The van der Waals surface area contributed by atoms with E-state index in [2.05, 4.69) is 9.88 Å². The van der Waals surface area contributed by atoms with Gasteiger partial charge in [-0.3, -0.25) is 4.98 Å². The normalized spacial score (nSPS) is 14.6. The van der Waals surface area contributed by atoms with E-state index < -0.39 is 11.6 Å². The molecule has 3 nitrogen and oxygen atoms in total. The van der Waals surface area contributed by atoms with Gasteiger partial charge >= 0.3 is 0 Å². The lowest BCUT2D eigenvalue weighted by Gasteiger charge is -2.29. The molecule has 1 aliphatic heterocycles. The highest BCUT2D eigenvalue weighted by molar-refractivity contribution is 6.30. The average Bonchev–Trinajstić information content (AvgIpc) is 2.59. The van der Waals surface area contributed by atoms with Gasteiger partial charge in [-0.05, 0) is 30.7 Å². The molecule has 0 saturated carbocycles. The van der Waals surface area contributed by atoms with E-state index >= 15 is 0 Å². The van der Waals surface area contributed by atoms with E-state index in [4.69, 9.17) is 16.3 Å². The summed E-state index contributed by atoms with van der Waals surface area (Å²) in [6.07, 6.45) is 5.37. The zero-order valence-electron chi connectivity index (χ0n) is 13.7. The summed E-state index contributed by atoms with van der Waals surface area (Å²) < 4.78 is 32.3. The Balaban J connectivity index is 1.66. The Labute approximate surface area is 150 Å². The van der Waals surface area contributed by atoms with E-state index in [1.54, 1.807) is 6.20 Å². The van der Waals surface area contributed by atoms with Crippen LogP contribution in [-0.2, 0) is 17.9 Å². The van der Waals surface area contributed by atoms with Crippen molar-refractivity contribution in [2.75, 3.05) is 6.54 Å². The maximum Gasteiger partial charge on any atom is 0.137 e. The van der Waals surface area contributed by atoms with Gasteiger partial charge in [-0.25, -0.2) is 8.78 Å². The molecule has 0 saturated heterocycles. The highest BCUT2D eigenvalue weighted by atomic mass is 35.5. The van der Waals surface area contributed by atoms with Gasteiger partial charge in [-0.15, -0.1) is 0 Å². The first kappa shape index (κ1) is 17.4. The van der Waals surface area contributed by atoms with Crippen LogP contribution in [-0.4, -0.2) is 16.4 Å². The third-order valence-corrected chi connectivity index (χ3v) is 4.24. The van der Waals surface area contributed by atoms with E-state index in [9.17, 15) is 8.78 Å². The molecule has 2 heterocycles. The first-order valence-electron chi connectivity index (χ1n) is 7.80. The minimum Gasteiger partial charge on any atom is -0.487 e. The SMILES string of the molecule is CC1=CC(OCc2ccc(F)cc2F)=C(Cl)CN1Cc1cccnc1. The summed E-state index contributed by atoms with van der Waals surface area (Å²) in [5.74, 6) is -0.741. The van der Waals surface area contributed by atoms with Crippen molar-refractivity contribution in [3.8, 4) is 0 Å². The standard InChI is InChI=1S/C19H17ClF2N2O/c1-13-7-19(25-12-15-4-5-16(21)8-18(15)22)17(20)11-24(13)10-14-3-2-6-23-9-14/h2-9H,10-12H2,1H3. The van der Waals surface area contributed by atoms with Gasteiger partial charge in [0, 0.05) is 42.3 Å². The van der Waals surface area contributed by atoms with Gasteiger partial charge in [0.25, 0.3) is 0 Å². The Morgan fingerprint density at radius 2 is 2.12 bits per heavy atom. The third kappa shape index (κ3) is 4.37. The molecule has 0 unspecified atom stereocenters. The van der Waals surface area contributed by atoms with Gasteiger partial charge in [-0.1, -0.05) is 17.7 Å². The van der Waals surface area contributed by atoms with E-state index in [1.807, 2.05) is 31.3 Å². The molecule has 0 spiro atoms. The van der Waals surface area contributed by atoms with Crippen LogP contribution in [0.1, 0.15) is 18.1 Å². The maximum absolute atomic E-state index is 13.7. The lowest BCUT2D eigenvalue weighted by Crippen LogP contribution is -2.26. The first-order chi connectivity index (χ1) is 12.0. The Kier molecular flexibility index (Phi) is 5.34. The predicted octanol–water partition coefficient (Wildman–Crippen LogP) is 4.75. The summed E-state index contributed by atoms with van der Waals surface area (Å²) >= 11 is 6.34. The number of allylic oxidation sites excluding steroid dienone is 2. The minimum atomic E-state index is -0.633.